The van der Waals surface area contributed by atoms with Gasteiger partial charge in [0.2, 0.25) is 0 Å². The molecule has 2 aromatic carbocycles. The number of amides is 3. The predicted molar refractivity (Wildman–Crippen MR) is 115 cm³/mol. The van der Waals surface area contributed by atoms with Crippen LogP contribution in [0, 0.1) is 5.82 Å². The molecule has 0 aromatic heterocycles. The van der Waals surface area contributed by atoms with E-state index in [1.807, 2.05) is 6.07 Å². The fourth-order valence-electron chi connectivity index (χ4n) is 4.36. The van der Waals surface area contributed by atoms with Crippen LogP contribution in [0.1, 0.15) is 49.8 Å². The van der Waals surface area contributed by atoms with Crippen molar-refractivity contribution in [2.45, 2.75) is 45.2 Å². The fourth-order valence-corrected chi connectivity index (χ4v) is 4.36. The number of fused-ring (bicyclic) bond motifs is 1. The molecule has 2 aliphatic rings. The Kier molecular flexibility index (Phi) is 4.88. The Bertz CT molecular complexity index is 1060. The van der Waals surface area contributed by atoms with Crippen LogP contribution in [0.15, 0.2) is 48.2 Å². The maximum Gasteiger partial charge on any atom is 0.329 e. The maximum absolute atomic E-state index is 13.9. The van der Waals surface area contributed by atoms with Crippen molar-refractivity contribution in [1.29, 1.82) is 0 Å². The van der Waals surface area contributed by atoms with Gasteiger partial charge in [-0.1, -0.05) is 31.2 Å². The van der Waals surface area contributed by atoms with Crippen LogP contribution < -0.4 is 10.2 Å². The minimum absolute atomic E-state index is 0.0784. The number of halogens is 1. The molecule has 0 aliphatic carbocycles. The first-order valence-corrected chi connectivity index (χ1v) is 10.1. The second kappa shape index (κ2) is 7.27. The molecule has 1 atom stereocenters. The van der Waals surface area contributed by atoms with Crippen molar-refractivity contribution in [2.75, 3.05) is 11.9 Å². The molecule has 1 saturated heterocycles. The normalized spacial score (nSPS) is 21.8. The molecule has 2 aliphatic heterocycles. The van der Waals surface area contributed by atoms with E-state index < -0.39 is 17.8 Å². The van der Waals surface area contributed by atoms with Crippen molar-refractivity contribution < 1.29 is 14.0 Å². The molecule has 0 radical (unpaired) electrons. The highest BCUT2D eigenvalue weighted by Crippen LogP contribution is 2.42. The fraction of sp³-hybridized carbons (Fsp3) is 0.333. The van der Waals surface area contributed by atoms with Gasteiger partial charge in [-0.15, -0.1) is 0 Å². The van der Waals surface area contributed by atoms with Gasteiger partial charge in [0.15, 0.2) is 0 Å². The molecular weight excluding hydrogens is 381 g/mol. The van der Waals surface area contributed by atoms with E-state index in [1.165, 1.54) is 17.3 Å². The number of rotatable bonds is 3. The molecule has 3 amide bonds. The number of hydrogen-bond acceptors (Lipinski definition) is 3. The number of anilines is 1. The van der Waals surface area contributed by atoms with Crippen molar-refractivity contribution in [3.63, 3.8) is 0 Å². The van der Waals surface area contributed by atoms with Crippen LogP contribution in [0.25, 0.3) is 6.08 Å². The van der Waals surface area contributed by atoms with E-state index in [2.05, 4.69) is 50.2 Å². The molecular formula is C24H26FN3O2. The van der Waals surface area contributed by atoms with E-state index in [-0.39, 0.29) is 17.8 Å². The molecule has 156 valence electrons. The zero-order chi connectivity index (χ0) is 21.6. The summed E-state index contributed by atoms with van der Waals surface area (Å²) in [7, 11) is 2.10. The van der Waals surface area contributed by atoms with Gasteiger partial charge in [-0.2, -0.15) is 0 Å². The average Bonchev–Trinajstić information content (AvgIpc) is 2.95. The number of carbonyl (C=O) groups excluding carboxylic acids is 2. The molecule has 4 rings (SSSR count). The predicted octanol–water partition coefficient (Wildman–Crippen LogP) is 4.64. The van der Waals surface area contributed by atoms with Gasteiger partial charge < -0.3 is 10.2 Å². The highest BCUT2D eigenvalue weighted by Gasteiger charge is 2.35. The van der Waals surface area contributed by atoms with Crippen molar-refractivity contribution in [1.82, 2.24) is 10.2 Å². The van der Waals surface area contributed by atoms with E-state index >= 15 is 0 Å². The second-order valence-electron chi connectivity index (χ2n) is 8.77. The maximum atomic E-state index is 13.9. The molecule has 0 spiro atoms. The summed E-state index contributed by atoms with van der Waals surface area (Å²) in [5, 5.41) is 2.62. The third-order valence-electron chi connectivity index (χ3n) is 6.22. The first-order valence-electron chi connectivity index (χ1n) is 10.1. The van der Waals surface area contributed by atoms with Crippen molar-refractivity contribution in [3.05, 3.63) is 70.7 Å². The Morgan fingerprint density at radius 1 is 1.20 bits per heavy atom. The SMILES string of the molecule is C[C@@H]1CC(C)(C)N(C)c2ccc(/C=C3\NC(=O)N(Cc4ccccc4F)C3=O)cc21. The number of benzene rings is 2. The van der Waals surface area contributed by atoms with Crippen molar-refractivity contribution in [3.8, 4) is 0 Å². The van der Waals surface area contributed by atoms with Gasteiger partial charge >= 0.3 is 6.03 Å². The molecule has 0 saturated carbocycles. The van der Waals surface area contributed by atoms with E-state index in [0.717, 1.165) is 16.9 Å². The Hall–Kier alpha value is -3.15. The molecule has 0 bridgehead atoms. The highest BCUT2D eigenvalue weighted by atomic mass is 19.1. The second-order valence-corrected chi connectivity index (χ2v) is 8.77. The smallest absolute Gasteiger partial charge is 0.329 e. The molecule has 2 heterocycles. The summed E-state index contributed by atoms with van der Waals surface area (Å²) < 4.78 is 13.9. The Morgan fingerprint density at radius 3 is 2.67 bits per heavy atom. The lowest BCUT2D eigenvalue weighted by Gasteiger charge is -2.45. The lowest BCUT2D eigenvalue weighted by atomic mass is 9.80. The van der Waals surface area contributed by atoms with Crippen molar-refractivity contribution >= 4 is 23.7 Å². The van der Waals surface area contributed by atoms with Crippen LogP contribution in [0.3, 0.4) is 0 Å². The average molecular weight is 407 g/mol. The summed E-state index contributed by atoms with van der Waals surface area (Å²) in [6.07, 6.45) is 2.72. The van der Waals surface area contributed by atoms with Crippen LogP contribution >= 0.6 is 0 Å². The first-order chi connectivity index (χ1) is 14.2. The summed E-state index contributed by atoms with van der Waals surface area (Å²) in [5.74, 6) is -0.505. The number of imide groups is 1. The zero-order valence-electron chi connectivity index (χ0n) is 17.7. The van der Waals surface area contributed by atoms with E-state index in [4.69, 9.17) is 0 Å². The third-order valence-corrected chi connectivity index (χ3v) is 6.22. The monoisotopic (exact) mass is 407 g/mol. The number of carbonyl (C=O) groups is 2. The van der Waals surface area contributed by atoms with Crippen LogP contribution in [-0.4, -0.2) is 29.4 Å². The zero-order valence-corrected chi connectivity index (χ0v) is 17.7. The lowest BCUT2D eigenvalue weighted by molar-refractivity contribution is -0.123. The largest absolute Gasteiger partial charge is 0.369 e. The third kappa shape index (κ3) is 3.47. The minimum Gasteiger partial charge on any atom is -0.369 e. The van der Waals surface area contributed by atoms with Crippen LogP contribution in [0.4, 0.5) is 14.9 Å². The van der Waals surface area contributed by atoms with Crippen LogP contribution in [0.5, 0.6) is 0 Å². The first kappa shape index (κ1) is 20.1. The van der Waals surface area contributed by atoms with Gasteiger partial charge in [-0.25, -0.2) is 9.18 Å². The Balaban J connectivity index is 1.60. The van der Waals surface area contributed by atoms with Crippen molar-refractivity contribution in [2.24, 2.45) is 0 Å². The van der Waals surface area contributed by atoms with Crippen LogP contribution in [-0.2, 0) is 11.3 Å². The van der Waals surface area contributed by atoms with Crippen LogP contribution in [0.2, 0.25) is 0 Å². The minimum atomic E-state index is -0.540. The van der Waals surface area contributed by atoms with E-state index in [0.29, 0.717) is 11.5 Å². The summed E-state index contributed by atoms with van der Waals surface area (Å²) >= 11 is 0. The summed E-state index contributed by atoms with van der Waals surface area (Å²) in [6.45, 7) is 6.58. The lowest BCUT2D eigenvalue weighted by Crippen LogP contribution is -2.45. The molecule has 30 heavy (non-hydrogen) atoms. The number of nitrogens with one attached hydrogen (secondary N) is 1. The topological polar surface area (TPSA) is 52.7 Å². The molecule has 6 heteroatoms. The Morgan fingerprint density at radius 2 is 1.93 bits per heavy atom. The highest BCUT2D eigenvalue weighted by molar-refractivity contribution is 6.13. The van der Waals surface area contributed by atoms with Gasteiger partial charge in [-0.05, 0) is 61.6 Å². The number of nitrogens with zero attached hydrogens (tertiary/aromatic N) is 2. The summed E-state index contributed by atoms with van der Waals surface area (Å²) in [5.41, 5.74) is 3.85. The van der Waals surface area contributed by atoms with E-state index in [9.17, 15) is 14.0 Å². The number of hydrogen-bond donors (Lipinski definition) is 1. The van der Waals surface area contributed by atoms with Gasteiger partial charge in [0.25, 0.3) is 5.91 Å². The molecule has 1 fully saturated rings. The molecule has 5 nitrogen and oxygen atoms in total. The number of urea groups is 1. The summed E-state index contributed by atoms with van der Waals surface area (Å²) in [4.78, 5) is 28.4. The molecule has 0 unspecified atom stereocenters. The van der Waals surface area contributed by atoms with E-state index in [1.54, 1.807) is 24.3 Å². The molecule has 2 aromatic rings. The van der Waals surface area contributed by atoms with Gasteiger partial charge in [0.1, 0.15) is 11.5 Å². The van der Waals surface area contributed by atoms with Gasteiger partial charge in [0.05, 0.1) is 6.54 Å². The quantitative estimate of drug-likeness (QED) is 0.596. The Labute approximate surface area is 176 Å². The van der Waals surface area contributed by atoms with Gasteiger partial charge in [0, 0.05) is 23.8 Å². The standard InChI is InChI=1S/C24H26FN3O2/c1-15-13-24(2,3)27(4)21-10-9-16(11-18(15)21)12-20-22(29)28(23(30)26-20)14-17-7-5-6-8-19(17)25/h5-12,15H,13-14H2,1-4H3,(H,26,30)/b20-12-/t15-/m1/s1. The van der Waals surface area contributed by atoms with Gasteiger partial charge in [-0.3, -0.25) is 9.69 Å². The summed E-state index contributed by atoms with van der Waals surface area (Å²) in [6, 6.07) is 11.7. The molecule has 1 N–H and O–H groups in total.